The van der Waals surface area contributed by atoms with E-state index in [1.807, 2.05) is 6.07 Å². The Kier molecular flexibility index (Phi) is 2.32. The molecule has 1 saturated heterocycles. The van der Waals surface area contributed by atoms with Crippen molar-refractivity contribution in [1.82, 2.24) is 0 Å². The second-order valence-corrected chi connectivity index (χ2v) is 5.03. The largest absolute Gasteiger partial charge is 0.450 e. The molecule has 1 unspecified atom stereocenters. The molecule has 88 valence electrons. The number of hydrogen-bond acceptors (Lipinski definition) is 2. The highest BCUT2D eigenvalue weighted by atomic mass is 16.6. The first-order valence-corrected chi connectivity index (χ1v) is 6.21. The molecule has 0 bridgehead atoms. The van der Waals surface area contributed by atoms with E-state index in [2.05, 4.69) is 24.8 Å². The van der Waals surface area contributed by atoms with Crippen LogP contribution in [0.25, 0.3) is 0 Å². The number of carbonyl (C=O) groups excluding carboxylic acids is 1. The monoisotopic (exact) mass is 228 g/mol. The van der Waals surface area contributed by atoms with Crippen molar-refractivity contribution in [2.45, 2.75) is 37.7 Å². The normalized spacial score (nSPS) is 27.8. The van der Waals surface area contributed by atoms with Crippen LogP contribution in [0.3, 0.4) is 0 Å². The van der Waals surface area contributed by atoms with Crippen LogP contribution in [0.2, 0.25) is 0 Å². The van der Waals surface area contributed by atoms with Crippen molar-refractivity contribution in [2.75, 3.05) is 0 Å². The Morgan fingerprint density at radius 1 is 1.24 bits per heavy atom. The van der Waals surface area contributed by atoms with E-state index in [9.17, 15) is 4.79 Å². The quantitative estimate of drug-likeness (QED) is 0.504. The van der Waals surface area contributed by atoms with Crippen molar-refractivity contribution in [3.8, 4) is 0 Å². The number of rotatable bonds is 0. The maximum Gasteiger partial charge on any atom is 0.334 e. The predicted molar refractivity (Wildman–Crippen MR) is 65.5 cm³/mol. The molecule has 1 aromatic carbocycles. The van der Waals surface area contributed by atoms with E-state index >= 15 is 0 Å². The van der Waals surface area contributed by atoms with Gasteiger partial charge in [0.1, 0.15) is 5.60 Å². The topological polar surface area (TPSA) is 26.3 Å². The number of carbonyl (C=O) groups is 1. The van der Waals surface area contributed by atoms with Crippen LogP contribution in [0, 0.1) is 0 Å². The second kappa shape index (κ2) is 3.73. The van der Waals surface area contributed by atoms with Gasteiger partial charge in [-0.05, 0) is 36.8 Å². The number of hydrogen-bond donors (Lipinski definition) is 0. The van der Waals surface area contributed by atoms with Gasteiger partial charge in [-0.15, -0.1) is 0 Å². The molecule has 17 heavy (non-hydrogen) atoms. The number of fused-ring (bicyclic) bond motifs is 2. The molecule has 1 atom stereocenters. The summed E-state index contributed by atoms with van der Waals surface area (Å²) < 4.78 is 5.67. The van der Waals surface area contributed by atoms with Gasteiger partial charge in [0.2, 0.25) is 0 Å². The lowest BCUT2D eigenvalue weighted by molar-refractivity contribution is -0.148. The molecule has 3 rings (SSSR count). The van der Waals surface area contributed by atoms with Gasteiger partial charge < -0.3 is 4.74 Å². The number of aryl methyl sites for hydroxylation is 1. The van der Waals surface area contributed by atoms with Crippen molar-refractivity contribution in [2.24, 2.45) is 0 Å². The fourth-order valence-corrected chi connectivity index (χ4v) is 3.04. The average Bonchev–Trinajstić information content (AvgIpc) is 2.52. The molecule has 1 heterocycles. The summed E-state index contributed by atoms with van der Waals surface area (Å²) in [5.74, 6) is -0.221. The summed E-state index contributed by atoms with van der Waals surface area (Å²) >= 11 is 0. The smallest absolute Gasteiger partial charge is 0.334 e. The van der Waals surface area contributed by atoms with E-state index in [1.54, 1.807) is 0 Å². The summed E-state index contributed by atoms with van der Waals surface area (Å²) in [6.45, 7) is 3.81. The highest BCUT2D eigenvalue weighted by Gasteiger charge is 2.45. The van der Waals surface area contributed by atoms with Crippen molar-refractivity contribution >= 4 is 5.97 Å². The molecular formula is C15H16O2. The Labute approximate surface area is 101 Å². The van der Waals surface area contributed by atoms with Crippen LogP contribution in [-0.2, 0) is 21.6 Å². The highest BCUT2D eigenvalue weighted by Crippen LogP contribution is 2.46. The number of benzene rings is 1. The predicted octanol–water partition coefficient (Wildman–Crippen LogP) is 3.11. The molecule has 0 radical (unpaired) electrons. The van der Waals surface area contributed by atoms with Crippen LogP contribution in [-0.4, -0.2) is 5.97 Å². The molecule has 1 fully saturated rings. The van der Waals surface area contributed by atoms with Gasteiger partial charge in [-0.2, -0.15) is 0 Å². The van der Waals surface area contributed by atoms with Crippen LogP contribution < -0.4 is 0 Å². The summed E-state index contributed by atoms with van der Waals surface area (Å²) in [6, 6.07) is 8.34. The molecule has 1 aliphatic heterocycles. The fraction of sp³-hybridized carbons (Fsp3) is 0.400. The maximum atomic E-state index is 11.6. The zero-order valence-electron chi connectivity index (χ0n) is 9.87. The molecule has 1 aliphatic carbocycles. The third kappa shape index (κ3) is 1.59. The zero-order chi connectivity index (χ0) is 11.9. The van der Waals surface area contributed by atoms with E-state index in [-0.39, 0.29) is 5.97 Å². The van der Waals surface area contributed by atoms with Crippen molar-refractivity contribution in [3.63, 3.8) is 0 Å². The van der Waals surface area contributed by atoms with E-state index in [0.29, 0.717) is 12.0 Å². The van der Waals surface area contributed by atoms with Gasteiger partial charge in [-0.25, -0.2) is 4.79 Å². The Morgan fingerprint density at radius 3 is 2.82 bits per heavy atom. The van der Waals surface area contributed by atoms with E-state index in [1.165, 1.54) is 17.5 Å². The van der Waals surface area contributed by atoms with Crippen LogP contribution in [0.1, 0.15) is 36.8 Å². The van der Waals surface area contributed by atoms with Crippen molar-refractivity contribution < 1.29 is 9.53 Å². The summed E-state index contributed by atoms with van der Waals surface area (Å²) in [4.78, 5) is 11.6. The molecule has 0 amide bonds. The van der Waals surface area contributed by atoms with Crippen LogP contribution in [0.15, 0.2) is 36.4 Å². The molecule has 1 aromatic rings. The first kappa shape index (κ1) is 10.6. The molecule has 2 heteroatoms. The molecule has 2 nitrogen and oxygen atoms in total. The lowest BCUT2D eigenvalue weighted by atomic mass is 9.85. The Bertz CT molecular complexity index is 471. The third-order valence-electron chi connectivity index (χ3n) is 3.86. The standard InChI is InChI=1S/C15H16O2/c1-11-10-15(17-14(11)16)9-5-4-7-12-6-2-3-8-13(12)15/h2-3,6,8H,1,4-5,7,9-10H2. The molecule has 0 aromatic heterocycles. The number of ether oxygens (including phenoxy) is 1. The fourth-order valence-electron chi connectivity index (χ4n) is 3.04. The molecule has 0 N–H and O–H groups in total. The van der Waals surface area contributed by atoms with Crippen molar-refractivity contribution in [1.29, 1.82) is 0 Å². The Balaban J connectivity index is 2.11. The lowest BCUT2D eigenvalue weighted by Crippen LogP contribution is -2.25. The van der Waals surface area contributed by atoms with Crippen LogP contribution >= 0.6 is 0 Å². The summed E-state index contributed by atoms with van der Waals surface area (Å²) in [5, 5.41) is 0. The van der Waals surface area contributed by atoms with Gasteiger partial charge in [-0.1, -0.05) is 30.8 Å². The number of esters is 1. The van der Waals surface area contributed by atoms with E-state index in [4.69, 9.17) is 4.74 Å². The van der Waals surface area contributed by atoms with Gasteiger partial charge in [0.15, 0.2) is 0 Å². The summed E-state index contributed by atoms with van der Waals surface area (Å²) in [6.07, 6.45) is 4.94. The van der Waals surface area contributed by atoms with Gasteiger partial charge in [-0.3, -0.25) is 0 Å². The molecule has 0 saturated carbocycles. The maximum absolute atomic E-state index is 11.6. The van der Waals surface area contributed by atoms with Gasteiger partial charge in [0.05, 0.1) is 0 Å². The van der Waals surface area contributed by atoms with Crippen LogP contribution in [0.5, 0.6) is 0 Å². The van der Waals surface area contributed by atoms with Gasteiger partial charge in [0, 0.05) is 12.0 Å². The van der Waals surface area contributed by atoms with E-state index in [0.717, 1.165) is 19.3 Å². The highest BCUT2D eigenvalue weighted by molar-refractivity contribution is 5.90. The lowest BCUT2D eigenvalue weighted by Gasteiger charge is -2.28. The third-order valence-corrected chi connectivity index (χ3v) is 3.86. The minimum Gasteiger partial charge on any atom is -0.450 e. The Morgan fingerprint density at radius 2 is 2.06 bits per heavy atom. The Hall–Kier alpha value is -1.57. The molecular weight excluding hydrogens is 212 g/mol. The first-order valence-electron chi connectivity index (χ1n) is 6.21. The zero-order valence-corrected chi connectivity index (χ0v) is 9.87. The van der Waals surface area contributed by atoms with Gasteiger partial charge in [0.25, 0.3) is 0 Å². The average molecular weight is 228 g/mol. The van der Waals surface area contributed by atoms with E-state index < -0.39 is 5.60 Å². The molecule has 2 aliphatic rings. The molecule has 1 spiro atoms. The minimum absolute atomic E-state index is 0.221. The van der Waals surface area contributed by atoms with Gasteiger partial charge >= 0.3 is 5.97 Å². The summed E-state index contributed by atoms with van der Waals surface area (Å²) in [5.41, 5.74) is 2.72. The minimum atomic E-state index is -0.415. The first-order chi connectivity index (χ1) is 8.21. The second-order valence-electron chi connectivity index (χ2n) is 5.03. The SMILES string of the molecule is C=C1CC2(CCCCc3ccccc32)OC1=O. The summed E-state index contributed by atoms with van der Waals surface area (Å²) in [7, 11) is 0. The van der Waals surface area contributed by atoms with Crippen molar-refractivity contribution in [3.05, 3.63) is 47.5 Å². The van der Waals surface area contributed by atoms with Crippen LogP contribution in [0.4, 0.5) is 0 Å².